The van der Waals surface area contributed by atoms with Gasteiger partial charge in [0.05, 0.1) is 11.9 Å². The Balaban J connectivity index is 2.10. The normalized spacial score (nSPS) is 10.1. The van der Waals surface area contributed by atoms with Gasteiger partial charge in [-0.3, -0.25) is 4.57 Å². The maximum atomic E-state index is 11.5. The highest BCUT2D eigenvalue weighted by Gasteiger charge is 2.06. The predicted molar refractivity (Wildman–Crippen MR) is 55.1 cm³/mol. The van der Waals surface area contributed by atoms with Crippen molar-refractivity contribution in [3.05, 3.63) is 36.9 Å². The smallest absolute Gasteiger partial charge is 0.397 e. The molecule has 6 nitrogen and oxygen atoms in total. The molecule has 0 fully saturated rings. The number of hydrogen-bond acceptors (Lipinski definition) is 4. The number of anilines is 2. The molecule has 0 aliphatic heterocycles. The molecule has 6 heteroatoms. The van der Waals surface area contributed by atoms with Crippen LogP contribution in [0.5, 0.6) is 0 Å². The number of hydrogen-bond donors (Lipinski definition) is 2. The third-order valence-corrected chi connectivity index (χ3v) is 1.80. The summed E-state index contributed by atoms with van der Waals surface area (Å²) in [5.41, 5.74) is 11.9. The Kier molecular flexibility index (Phi) is 2.09. The third kappa shape index (κ3) is 1.93. The molecule has 0 unspecified atom stereocenters. The fraction of sp³-hybridized carbons (Fsp3) is 0. The minimum Gasteiger partial charge on any atom is -0.397 e. The zero-order valence-corrected chi connectivity index (χ0v) is 7.83. The zero-order chi connectivity index (χ0) is 10.8. The Labute approximate surface area is 85.6 Å². The van der Waals surface area contributed by atoms with Gasteiger partial charge in [-0.05, 0) is 12.1 Å². The summed E-state index contributed by atoms with van der Waals surface area (Å²) in [5, 5.41) is 0. The van der Waals surface area contributed by atoms with Gasteiger partial charge in [0.25, 0.3) is 0 Å². The van der Waals surface area contributed by atoms with Crippen molar-refractivity contribution < 1.29 is 9.63 Å². The number of carbonyl (C=O) groups is 1. The largest absolute Gasteiger partial charge is 0.442 e. The zero-order valence-electron chi connectivity index (χ0n) is 7.83. The van der Waals surface area contributed by atoms with Gasteiger partial charge in [-0.2, -0.15) is 4.73 Å². The molecule has 15 heavy (non-hydrogen) atoms. The molecule has 78 valence electrons. The lowest BCUT2D eigenvalue weighted by atomic mass is 10.6. The molecule has 0 aliphatic carbocycles. The number of nitrogen functional groups attached to an aromatic ring is 2. The number of nitrogens with zero attached hydrogens (tertiary/aromatic N) is 2. The first-order valence-corrected chi connectivity index (χ1v) is 4.25. The van der Waals surface area contributed by atoms with E-state index in [-0.39, 0.29) is 0 Å². The first-order valence-electron chi connectivity index (χ1n) is 4.25. The van der Waals surface area contributed by atoms with E-state index >= 15 is 0 Å². The van der Waals surface area contributed by atoms with Crippen molar-refractivity contribution in [3.63, 3.8) is 0 Å². The summed E-state index contributed by atoms with van der Waals surface area (Å²) >= 11 is 0. The summed E-state index contributed by atoms with van der Waals surface area (Å²) < 4.78 is 2.47. The van der Waals surface area contributed by atoms with Gasteiger partial charge in [0, 0.05) is 24.3 Å². The second-order valence-corrected chi connectivity index (χ2v) is 3.01. The van der Waals surface area contributed by atoms with Gasteiger partial charge in [-0.1, -0.05) is 0 Å². The molecule has 4 N–H and O–H groups in total. The average molecular weight is 206 g/mol. The average Bonchev–Trinajstić information content (AvgIpc) is 2.75. The highest BCUT2D eigenvalue weighted by atomic mass is 16.7. The van der Waals surface area contributed by atoms with Gasteiger partial charge in [0.2, 0.25) is 0 Å². The summed E-state index contributed by atoms with van der Waals surface area (Å²) in [6.45, 7) is 0. The lowest BCUT2D eigenvalue weighted by molar-refractivity contribution is 0.135. The molecule has 0 radical (unpaired) electrons. The van der Waals surface area contributed by atoms with Crippen LogP contribution in [0.15, 0.2) is 36.9 Å². The fourth-order valence-electron chi connectivity index (χ4n) is 1.11. The van der Waals surface area contributed by atoms with E-state index < -0.39 is 6.09 Å². The summed E-state index contributed by atoms with van der Waals surface area (Å²) in [5.74, 6) is 0. The van der Waals surface area contributed by atoms with E-state index in [0.717, 1.165) is 0 Å². The van der Waals surface area contributed by atoms with Crippen molar-refractivity contribution in [1.82, 2.24) is 9.30 Å². The number of carbonyl (C=O) groups excluding carboxylic acids is 1. The second kappa shape index (κ2) is 3.41. The second-order valence-electron chi connectivity index (χ2n) is 3.01. The molecule has 0 amide bonds. The Morgan fingerprint density at radius 2 is 1.80 bits per heavy atom. The minimum atomic E-state index is -0.553. The Hall–Kier alpha value is -2.37. The summed E-state index contributed by atoms with van der Waals surface area (Å²) in [4.78, 5) is 16.4. The van der Waals surface area contributed by atoms with Crippen molar-refractivity contribution >= 4 is 17.5 Å². The fourth-order valence-corrected chi connectivity index (χ4v) is 1.11. The van der Waals surface area contributed by atoms with Gasteiger partial charge < -0.3 is 16.3 Å². The third-order valence-electron chi connectivity index (χ3n) is 1.80. The molecule has 2 heterocycles. The Morgan fingerprint density at radius 1 is 1.13 bits per heavy atom. The van der Waals surface area contributed by atoms with Crippen LogP contribution in [0.25, 0.3) is 0 Å². The summed E-state index contributed by atoms with van der Waals surface area (Å²) in [7, 11) is 0. The van der Waals surface area contributed by atoms with Crippen LogP contribution < -0.4 is 16.3 Å². The molecule has 2 aromatic heterocycles. The van der Waals surface area contributed by atoms with Crippen LogP contribution in [0.1, 0.15) is 0 Å². The van der Waals surface area contributed by atoms with E-state index in [0.29, 0.717) is 11.4 Å². The first-order chi connectivity index (χ1) is 7.15. The van der Waals surface area contributed by atoms with Crippen molar-refractivity contribution in [1.29, 1.82) is 0 Å². The Bertz CT molecular complexity index is 486. The van der Waals surface area contributed by atoms with E-state index in [1.54, 1.807) is 18.3 Å². The topological polar surface area (TPSA) is 88.2 Å². The summed E-state index contributed by atoms with van der Waals surface area (Å²) in [6.07, 6.45) is 5.46. The van der Waals surface area contributed by atoms with Gasteiger partial charge >= 0.3 is 6.09 Å². The summed E-state index contributed by atoms with van der Waals surface area (Å²) in [6, 6.07) is 3.22. The lowest BCUT2D eigenvalue weighted by Gasteiger charge is -2.03. The highest BCUT2D eigenvalue weighted by Crippen LogP contribution is 2.03. The molecule has 0 atom stereocenters. The van der Waals surface area contributed by atoms with E-state index in [1.165, 1.54) is 27.9 Å². The van der Waals surface area contributed by atoms with Crippen molar-refractivity contribution in [2.75, 3.05) is 11.5 Å². The molecule has 0 saturated heterocycles. The van der Waals surface area contributed by atoms with Crippen LogP contribution in [0.2, 0.25) is 0 Å². The maximum Gasteiger partial charge on any atom is 0.442 e. The molecule has 2 aromatic rings. The van der Waals surface area contributed by atoms with E-state index in [9.17, 15) is 4.79 Å². The first kappa shape index (κ1) is 9.20. The van der Waals surface area contributed by atoms with Gasteiger partial charge in [0.15, 0.2) is 0 Å². The predicted octanol–water partition coefficient (Wildman–Crippen LogP) is 0.551. The lowest BCUT2D eigenvalue weighted by Crippen LogP contribution is -2.22. The molecule has 0 spiro atoms. The molecule has 2 rings (SSSR count). The van der Waals surface area contributed by atoms with Crippen LogP contribution in [0, 0.1) is 0 Å². The van der Waals surface area contributed by atoms with Crippen molar-refractivity contribution in [2.24, 2.45) is 0 Å². The van der Waals surface area contributed by atoms with Gasteiger partial charge in [-0.25, -0.2) is 4.79 Å². The number of nitrogens with two attached hydrogens (primary N) is 2. The van der Waals surface area contributed by atoms with Crippen LogP contribution in [0.3, 0.4) is 0 Å². The SMILES string of the molecule is Nc1ccn(OC(=O)n2ccc(N)c2)c1. The van der Waals surface area contributed by atoms with E-state index in [2.05, 4.69) is 0 Å². The molecule has 0 bridgehead atoms. The quantitative estimate of drug-likeness (QED) is 0.713. The molecular formula is C9H10N4O2. The monoisotopic (exact) mass is 206 g/mol. The number of aromatic nitrogens is 2. The molecule has 0 saturated carbocycles. The standard InChI is InChI=1S/C9H10N4O2/c10-7-1-3-12(5-7)9(14)15-13-4-2-8(11)6-13/h1-6H,10-11H2. The highest BCUT2D eigenvalue weighted by molar-refractivity contribution is 5.72. The minimum absolute atomic E-state index is 0.499. The molecule has 0 aliphatic rings. The van der Waals surface area contributed by atoms with Gasteiger partial charge in [0.1, 0.15) is 0 Å². The van der Waals surface area contributed by atoms with Crippen LogP contribution in [0.4, 0.5) is 16.2 Å². The van der Waals surface area contributed by atoms with Gasteiger partial charge in [-0.15, -0.1) is 0 Å². The van der Waals surface area contributed by atoms with Crippen LogP contribution >= 0.6 is 0 Å². The van der Waals surface area contributed by atoms with Crippen molar-refractivity contribution in [2.45, 2.75) is 0 Å². The van der Waals surface area contributed by atoms with Crippen molar-refractivity contribution in [3.8, 4) is 0 Å². The maximum absolute atomic E-state index is 11.5. The van der Waals surface area contributed by atoms with Crippen LogP contribution in [-0.2, 0) is 0 Å². The van der Waals surface area contributed by atoms with E-state index in [1.807, 2.05) is 0 Å². The molecular weight excluding hydrogens is 196 g/mol. The molecule has 0 aromatic carbocycles. The Morgan fingerprint density at radius 3 is 2.33 bits per heavy atom. The number of rotatable bonds is 1. The van der Waals surface area contributed by atoms with Crippen LogP contribution in [-0.4, -0.2) is 15.4 Å². The van der Waals surface area contributed by atoms with E-state index in [4.69, 9.17) is 16.3 Å².